The van der Waals surface area contributed by atoms with Crippen molar-refractivity contribution < 1.29 is 4.79 Å². The lowest BCUT2D eigenvalue weighted by atomic mass is 10.3. The van der Waals surface area contributed by atoms with Crippen molar-refractivity contribution in [3.63, 3.8) is 0 Å². The van der Waals surface area contributed by atoms with E-state index in [9.17, 15) is 4.79 Å². The number of rotatable bonds is 3. The highest BCUT2D eigenvalue weighted by molar-refractivity contribution is 5.70. The fourth-order valence-electron chi connectivity index (χ4n) is 0.825. The summed E-state index contributed by atoms with van der Waals surface area (Å²) in [5.41, 5.74) is 6.12. The molecule has 0 aliphatic rings. The van der Waals surface area contributed by atoms with E-state index in [2.05, 4.69) is 15.3 Å². The molecular weight excluding hydrogens is 156 g/mol. The van der Waals surface area contributed by atoms with Gasteiger partial charge in [0.15, 0.2) is 0 Å². The molecule has 3 N–H and O–H groups in total. The Hall–Kier alpha value is -1.49. The second-order valence-corrected chi connectivity index (χ2v) is 2.26. The molecule has 64 valence electrons. The Morgan fingerprint density at radius 3 is 3.08 bits per heavy atom. The van der Waals surface area contributed by atoms with Crippen molar-refractivity contribution in [1.82, 2.24) is 9.97 Å². The molecule has 0 unspecified atom stereocenters. The maximum Gasteiger partial charge on any atom is 0.212 e. The average Bonchev–Trinajstić information content (AvgIpc) is 2.05. The number of aromatic nitrogens is 2. The van der Waals surface area contributed by atoms with E-state index in [1.165, 1.54) is 0 Å². The zero-order valence-corrected chi connectivity index (χ0v) is 6.74. The van der Waals surface area contributed by atoms with E-state index < -0.39 is 0 Å². The van der Waals surface area contributed by atoms with Gasteiger partial charge in [-0.25, -0.2) is 9.97 Å². The summed E-state index contributed by atoms with van der Waals surface area (Å²) in [7, 11) is 0. The molecule has 0 saturated heterocycles. The Labute approximate surface area is 70.0 Å². The fourth-order valence-corrected chi connectivity index (χ4v) is 0.825. The molecule has 0 saturated carbocycles. The first-order valence-electron chi connectivity index (χ1n) is 3.50. The predicted octanol–water partition coefficient (Wildman–Crippen LogP) is -0.188. The van der Waals surface area contributed by atoms with Crippen LogP contribution in [0.15, 0.2) is 6.20 Å². The minimum absolute atomic E-state index is 0.316. The van der Waals surface area contributed by atoms with Crippen LogP contribution in [0.1, 0.15) is 11.4 Å². The Morgan fingerprint density at radius 2 is 2.50 bits per heavy atom. The van der Waals surface area contributed by atoms with Crippen LogP contribution >= 0.6 is 0 Å². The van der Waals surface area contributed by atoms with Crippen molar-refractivity contribution in [2.24, 2.45) is 5.73 Å². The molecule has 0 atom stereocenters. The number of nitrogens with one attached hydrogen (secondary N) is 1. The molecule has 0 aromatic carbocycles. The molecule has 12 heavy (non-hydrogen) atoms. The summed E-state index contributed by atoms with van der Waals surface area (Å²) in [5, 5.41) is 2.46. The van der Waals surface area contributed by atoms with Crippen LogP contribution in [0.2, 0.25) is 0 Å². The number of hydrogen-bond donors (Lipinski definition) is 2. The lowest BCUT2D eigenvalue weighted by Crippen LogP contribution is -2.07. The van der Waals surface area contributed by atoms with E-state index in [0.29, 0.717) is 24.6 Å². The first kappa shape index (κ1) is 8.61. The summed E-state index contributed by atoms with van der Waals surface area (Å²) in [6, 6.07) is 0. The summed E-state index contributed by atoms with van der Waals surface area (Å²) in [6.45, 7) is 2.06. The smallest absolute Gasteiger partial charge is 0.212 e. The topological polar surface area (TPSA) is 80.9 Å². The highest BCUT2D eigenvalue weighted by atomic mass is 16.1. The van der Waals surface area contributed by atoms with Gasteiger partial charge in [0, 0.05) is 18.3 Å². The minimum atomic E-state index is 0.316. The number of nitrogens with zero attached hydrogens (tertiary/aromatic N) is 2. The molecule has 5 heteroatoms. The third-order valence-corrected chi connectivity index (χ3v) is 1.40. The molecule has 0 fully saturated rings. The molecule has 0 spiro atoms. The summed E-state index contributed by atoms with van der Waals surface area (Å²) in [4.78, 5) is 18.1. The third-order valence-electron chi connectivity index (χ3n) is 1.40. The molecular formula is C7H10N4O. The monoisotopic (exact) mass is 166 g/mol. The molecule has 0 bridgehead atoms. The normalized spacial score (nSPS) is 9.50. The standard InChI is InChI=1S/C7H10N4O/c1-5-9-3-6(2-8)7(11-5)10-4-12/h3-4H,2,8H2,1H3,(H,9,10,11,12). The fraction of sp³-hybridized carbons (Fsp3) is 0.286. The van der Waals surface area contributed by atoms with E-state index in [0.717, 1.165) is 5.56 Å². The van der Waals surface area contributed by atoms with Crippen molar-refractivity contribution in [2.45, 2.75) is 13.5 Å². The molecule has 5 nitrogen and oxygen atoms in total. The van der Waals surface area contributed by atoms with Gasteiger partial charge in [0.25, 0.3) is 0 Å². The highest BCUT2D eigenvalue weighted by Crippen LogP contribution is 2.08. The Morgan fingerprint density at radius 1 is 1.75 bits per heavy atom. The number of anilines is 1. The Kier molecular flexibility index (Phi) is 2.71. The second kappa shape index (κ2) is 3.77. The minimum Gasteiger partial charge on any atom is -0.326 e. The van der Waals surface area contributed by atoms with Gasteiger partial charge >= 0.3 is 0 Å². The molecule has 0 aliphatic carbocycles. The maximum absolute atomic E-state index is 10.1. The molecule has 1 aromatic rings. The Bertz CT molecular complexity index is 287. The lowest BCUT2D eigenvalue weighted by molar-refractivity contribution is -0.105. The van der Waals surface area contributed by atoms with Crippen LogP contribution in [0, 0.1) is 6.92 Å². The van der Waals surface area contributed by atoms with Crippen LogP contribution in [0.3, 0.4) is 0 Å². The van der Waals surface area contributed by atoms with Crippen molar-refractivity contribution in [3.8, 4) is 0 Å². The first-order chi connectivity index (χ1) is 5.77. The number of carbonyl (C=O) groups excluding carboxylic acids is 1. The Balaban J connectivity index is 3.03. The average molecular weight is 166 g/mol. The van der Waals surface area contributed by atoms with E-state index in [1.807, 2.05) is 0 Å². The number of nitrogens with two attached hydrogens (primary N) is 1. The van der Waals surface area contributed by atoms with Gasteiger partial charge in [-0.1, -0.05) is 0 Å². The van der Waals surface area contributed by atoms with E-state index in [1.54, 1.807) is 13.1 Å². The molecule has 1 heterocycles. The van der Waals surface area contributed by atoms with Gasteiger partial charge in [-0.05, 0) is 6.92 Å². The van der Waals surface area contributed by atoms with Crippen molar-refractivity contribution in [2.75, 3.05) is 5.32 Å². The van der Waals surface area contributed by atoms with Crippen molar-refractivity contribution in [1.29, 1.82) is 0 Å². The SMILES string of the molecule is Cc1ncc(CN)c(NC=O)n1. The first-order valence-corrected chi connectivity index (χ1v) is 3.50. The number of hydrogen-bond acceptors (Lipinski definition) is 4. The van der Waals surface area contributed by atoms with Crippen LogP contribution in [0.25, 0.3) is 0 Å². The molecule has 0 aliphatic heterocycles. The summed E-state index contributed by atoms with van der Waals surface area (Å²) < 4.78 is 0. The lowest BCUT2D eigenvalue weighted by Gasteiger charge is -2.04. The van der Waals surface area contributed by atoms with Crippen LogP contribution in [-0.2, 0) is 11.3 Å². The number of amides is 1. The van der Waals surface area contributed by atoms with Crippen molar-refractivity contribution in [3.05, 3.63) is 17.6 Å². The quantitative estimate of drug-likeness (QED) is 0.610. The van der Waals surface area contributed by atoms with Crippen LogP contribution in [0.4, 0.5) is 5.82 Å². The summed E-state index contributed by atoms with van der Waals surface area (Å²) >= 11 is 0. The van der Waals surface area contributed by atoms with Gasteiger partial charge in [0.2, 0.25) is 6.41 Å². The van der Waals surface area contributed by atoms with Crippen LogP contribution < -0.4 is 11.1 Å². The van der Waals surface area contributed by atoms with E-state index in [-0.39, 0.29) is 0 Å². The van der Waals surface area contributed by atoms with E-state index in [4.69, 9.17) is 5.73 Å². The summed E-state index contributed by atoms with van der Waals surface area (Å²) in [5.74, 6) is 1.09. The molecule has 1 amide bonds. The van der Waals surface area contributed by atoms with Gasteiger partial charge in [-0.2, -0.15) is 0 Å². The largest absolute Gasteiger partial charge is 0.326 e. The van der Waals surface area contributed by atoms with Crippen LogP contribution in [-0.4, -0.2) is 16.4 Å². The number of aryl methyl sites for hydroxylation is 1. The molecule has 1 rings (SSSR count). The zero-order valence-electron chi connectivity index (χ0n) is 6.74. The molecule has 1 aromatic heterocycles. The van der Waals surface area contributed by atoms with Gasteiger partial charge in [-0.15, -0.1) is 0 Å². The maximum atomic E-state index is 10.1. The van der Waals surface area contributed by atoms with Gasteiger partial charge in [-0.3, -0.25) is 4.79 Å². The summed E-state index contributed by atoms with van der Waals surface area (Å²) in [6.07, 6.45) is 2.18. The van der Waals surface area contributed by atoms with Gasteiger partial charge in [0.1, 0.15) is 11.6 Å². The second-order valence-electron chi connectivity index (χ2n) is 2.26. The van der Waals surface area contributed by atoms with E-state index >= 15 is 0 Å². The molecule has 0 radical (unpaired) electrons. The zero-order chi connectivity index (χ0) is 8.97. The number of carbonyl (C=O) groups is 1. The predicted molar refractivity (Wildman–Crippen MR) is 44.3 cm³/mol. The van der Waals surface area contributed by atoms with Gasteiger partial charge in [0.05, 0.1) is 0 Å². The van der Waals surface area contributed by atoms with Crippen LogP contribution in [0.5, 0.6) is 0 Å². The van der Waals surface area contributed by atoms with Crippen molar-refractivity contribution >= 4 is 12.2 Å². The third kappa shape index (κ3) is 1.76. The highest BCUT2D eigenvalue weighted by Gasteiger charge is 2.01. The van der Waals surface area contributed by atoms with Gasteiger partial charge < -0.3 is 11.1 Å².